The Morgan fingerprint density at radius 1 is 1.03 bits per heavy atom. The molecule has 0 fully saturated rings. The number of carbonyl (C=O) groups is 1. The molecule has 0 atom stereocenters. The summed E-state index contributed by atoms with van der Waals surface area (Å²) in [5.41, 5.74) is 0.671. The van der Waals surface area contributed by atoms with Crippen LogP contribution in [0.1, 0.15) is 11.1 Å². The molecule has 3 aromatic carbocycles. The van der Waals surface area contributed by atoms with Crippen molar-refractivity contribution in [2.45, 2.75) is 18.4 Å². The highest BCUT2D eigenvalue weighted by atomic mass is 35.5. The van der Waals surface area contributed by atoms with Crippen LogP contribution in [0.2, 0.25) is 5.02 Å². The maximum atomic E-state index is 13.8. The normalized spacial score (nSPS) is 11.1. The number of anilines is 1. The third-order valence-corrected chi connectivity index (χ3v) is 7.67. The Balaban J connectivity index is 2.06. The standard InChI is InChI=1S/C25H26ClN3O7S/c1-17-9-11-20(14-21(17)29(31)32)37(33,34)28(22-13-19(26)10-12-24(22)36-4)16-25(30)27(2)15-18-7-5-6-8-23(18)35-3/h5-14H,15-16H2,1-4H3. The van der Waals surface area contributed by atoms with Crippen LogP contribution < -0.4 is 13.8 Å². The summed E-state index contributed by atoms with van der Waals surface area (Å²) in [5.74, 6) is 0.183. The van der Waals surface area contributed by atoms with Crippen molar-refractivity contribution in [2.75, 3.05) is 32.1 Å². The highest BCUT2D eigenvalue weighted by molar-refractivity contribution is 7.92. The van der Waals surface area contributed by atoms with E-state index < -0.39 is 27.4 Å². The number of aryl methyl sites for hydroxylation is 1. The van der Waals surface area contributed by atoms with Crippen molar-refractivity contribution < 1.29 is 27.6 Å². The number of amides is 1. The molecule has 0 saturated carbocycles. The fraction of sp³-hybridized carbons (Fsp3) is 0.240. The molecular formula is C25H26ClN3O7S. The van der Waals surface area contributed by atoms with E-state index >= 15 is 0 Å². The molecule has 0 aliphatic rings. The van der Waals surface area contributed by atoms with Gasteiger partial charge in [0.2, 0.25) is 5.91 Å². The van der Waals surface area contributed by atoms with Crippen LogP contribution in [0.15, 0.2) is 65.6 Å². The number of nitrogens with zero attached hydrogens (tertiary/aromatic N) is 3. The molecule has 0 aliphatic carbocycles. The molecule has 3 aromatic rings. The number of methoxy groups -OCH3 is 2. The van der Waals surface area contributed by atoms with Gasteiger partial charge < -0.3 is 14.4 Å². The average Bonchev–Trinajstić information content (AvgIpc) is 2.87. The van der Waals surface area contributed by atoms with Crippen molar-refractivity contribution in [1.82, 2.24) is 4.90 Å². The summed E-state index contributed by atoms with van der Waals surface area (Å²) in [6.07, 6.45) is 0. The minimum atomic E-state index is -4.47. The molecule has 1 amide bonds. The van der Waals surface area contributed by atoms with Gasteiger partial charge in [-0.1, -0.05) is 35.9 Å². The smallest absolute Gasteiger partial charge is 0.273 e. The topological polar surface area (TPSA) is 119 Å². The van der Waals surface area contributed by atoms with Gasteiger partial charge in [0.05, 0.1) is 29.7 Å². The number of rotatable bonds is 10. The molecule has 3 rings (SSSR count). The van der Waals surface area contributed by atoms with Gasteiger partial charge in [-0.05, 0) is 37.3 Å². The first-order valence-corrected chi connectivity index (χ1v) is 12.8. The number of hydrogen-bond donors (Lipinski definition) is 0. The number of carbonyl (C=O) groups excluding carboxylic acids is 1. The third-order valence-electron chi connectivity index (χ3n) is 5.68. The molecule has 0 unspecified atom stereocenters. The van der Waals surface area contributed by atoms with Crippen molar-refractivity contribution in [3.63, 3.8) is 0 Å². The van der Waals surface area contributed by atoms with Gasteiger partial charge in [-0.3, -0.25) is 19.2 Å². The van der Waals surface area contributed by atoms with Crippen LogP contribution >= 0.6 is 11.6 Å². The predicted octanol–water partition coefficient (Wildman–Crippen LogP) is 4.43. The molecule has 0 heterocycles. The summed E-state index contributed by atoms with van der Waals surface area (Å²) in [6.45, 7) is 1.04. The Kier molecular flexibility index (Phi) is 8.61. The molecule has 0 aromatic heterocycles. The lowest BCUT2D eigenvalue weighted by Crippen LogP contribution is -2.41. The monoisotopic (exact) mass is 547 g/mol. The van der Waals surface area contributed by atoms with Gasteiger partial charge in [-0.25, -0.2) is 8.42 Å². The van der Waals surface area contributed by atoms with Crippen LogP contribution in [0.5, 0.6) is 11.5 Å². The van der Waals surface area contributed by atoms with Crippen LogP contribution in [-0.2, 0) is 21.4 Å². The molecule has 0 N–H and O–H groups in total. The summed E-state index contributed by atoms with van der Waals surface area (Å²) < 4.78 is 39.2. The number of sulfonamides is 1. The number of benzene rings is 3. The van der Waals surface area contributed by atoms with Crippen molar-refractivity contribution >= 4 is 38.9 Å². The fourth-order valence-corrected chi connectivity index (χ4v) is 5.26. The van der Waals surface area contributed by atoms with Gasteiger partial charge in [-0.2, -0.15) is 0 Å². The van der Waals surface area contributed by atoms with Gasteiger partial charge in [0.25, 0.3) is 15.7 Å². The van der Waals surface area contributed by atoms with E-state index in [4.69, 9.17) is 21.1 Å². The molecule has 0 spiro atoms. The van der Waals surface area contributed by atoms with Gasteiger partial charge >= 0.3 is 0 Å². The van der Waals surface area contributed by atoms with E-state index in [9.17, 15) is 23.3 Å². The lowest BCUT2D eigenvalue weighted by atomic mass is 10.2. The maximum absolute atomic E-state index is 13.8. The van der Waals surface area contributed by atoms with E-state index in [0.29, 0.717) is 11.3 Å². The summed E-state index contributed by atoms with van der Waals surface area (Å²) in [6, 6.07) is 15.1. The summed E-state index contributed by atoms with van der Waals surface area (Å²) in [7, 11) is -0.0731. The van der Waals surface area contributed by atoms with E-state index in [0.717, 1.165) is 15.9 Å². The van der Waals surface area contributed by atoms with Gasteiger partial charge in [0.15, 0.2) is 0 Å². The first-order chi connectivity index (χ1) is 17.5. The molecule has 37 heavy (non-hydrogen) atoms. The third kappa shape index (κ3) is 6.12. The lowest BCUT2D eigenvalue weighted by Gasteiger charge is -2.28. The highest BCUT2D eigenvalue weighted by Crippen LogP contribution is 2.36. The lowest BCUT2D eigenvalue weighted by molar-refractivity contribution is -0.385. The van der Waals surface area contributed by atoms with Crippen molar-refractivity contribution in [1.29, 1.82) is 0 Å². The minimum Gasteiger partial charge on any atom is -0.496 e. The number of halogens is 1. The zero-order valence-electron chi connectivity index (χ0n) is 20.7. The summed E-state index contributed by atoms with van der Waals surface area (Å²) in [5, 5.41) is 11.7. The van der Waals surface area contributed by atoms with Crippen LogP contribution in [0.25, 0.3) is 0 Å². The first-order valence-electron chi connectivity index (χ1n) is 11.0. The number of ether oxygens (including phenoxy) is 2. The van der Waals surface area contributed by atoms with Crippen LogP contribution in [0, 0.1) is 17.0 Å². The van der Waals surface area contributed by atoms with E-state index in [1.807, 2.05) is 0 Å². The molecule has 0 bridgehead atoms. The predicted molar refractivity (Wildman–Crippen MR) is 140 cm³/mol. The van der Waals surface area contributed by atoms with Crippen molar-refractivity contribution in [3.05, 3.63) is 86.9 Å². The van der Waals surface area contributed by atoms with E-state index in [1.165, 1.54) is 63.4 Å². The number of nitro groups is 1. The Morgan fingerprint density at radius 3 is 2.35 bits per heavy atom. The minimum absolute atomic E-state index is 0.0114. The summed E-state index contributed by atoms with van der Waals surface area (Å²) >= 11 is 6.17. The Hall–Kier alpha value is -3.83. The number of likely N-dealkylation sites (N-methyl/N-ethyl adjacent to an activating group) is 1. The Labute approximate surface area is 220 Å². The Morgan fingerprint density at radius 2 is 1.70 bits per heavy atom. The van der Waals surface area contributed by atoms with Gasteiger partial charge in [0, 0.05) is 35.8 Å². The van der Waals surface area contributed by atoms with Crippen LogP contribution in [0.3, 0.4) is 0 Å². The zero-order valence-corrected chi connectivity index (χ0v) is 22.2. The zero-order chi connectivity index (χ0) is 27.3. The summed E-state index contributed by atoms with van der Waals surface area (Å²) in [4.78, 5) is 25.1. The molecular weight excluding hydrogens is 522 g/mol. The number of hydrogen-bond acceptors (Lipinski definition) is 7. The van der Waals surface area contributed by atoms with Crippen LogP contribution in [0.4, 0.5) is 11.4 Å². The molecule has 0 radical (unpaired) electrons. The molecule has 0 saturated heterocycles. The van der Waals surface area contributed by atoms with Gasteiger partial charge in [0.1, 0.15) is 18.0 Å². The van der Waals surface area contributed by atoms with Crippen LogP contribution in [-0.4, -0.2) is 52.0 Å². The van der Waals surface area contributed by atoms with Crippen molar-refractivity contribution in [2.24, 2.45) is 0 Å². The largest absolute Gasteiger partial charge is 0.496 e. The second kappa shape index (κ2) is 11.5. The Bertz CT molecular complexity index is 1430. The first kappa shape index (κ1) is 27.8. The number of para-hydroxylation sites is 1. The second-order valence-corrected chi connectivity index (χ2v) is 10.4. The molecule has 12 heteroatoms. The van der Waals surface area contributed by atoms with Gasteiger partial charge in [-0.15, -0.1) is 0 Å². The number of nitro benzene ring substituents is 1. The van der Waals surface area contributed by atoms with E-state index in [1.54, 1.807) is 24.3 Å². The molecule has 10 nitrogen and oxygen atoms in total. The fourth-order valence-electron chi connectivity index (χ4n) is 3.65. The highest BCUT2D eigenvalue weighted by Gasteiger charge is 2.32. The maximum Gasteiger partial charge on any atom is 0.273 e. The molecule has 0 aliphatic heterocycles. The second-order valence-electron chi connectivity index (χ2n) is 8.09. The van der Waals surface area contributed by atoms with Crippen molar-refractivity contribution in [3.8, 4) is 11.5 Å². The average molecular weight is 548 g/mol. The quantitative estimate of drug-likeness (QED) is 0.272. The van der Waals surface area contributed by atoms with E-state index in [-0.39, 0.29) is 33.6 Å². The SMILES string of the molecule is COc1ccccc1CN(C)C(=O)CN(c1cc(Cl)ccc1OC)S(=O)(=O)c1ccc(C)c([N+](=O)[O-])c1. The molecule has 196 valence electrons. The van der Waals surface area contributed by atoms with E-state index in [2.05, 4.69) is 0 Å².